The molecule has 24 heavy (non-hydrogen) atoms. The van der Waals surface area contributed by atoms with Gasteiger partial charge in [0.05, 0.1) is 30.1 Å². The van der Waals surface area contributed by atoms with E-state index in [2.05, 4.69) is 4.90 Å². The summed E-state index contributed by atoms with van der Waals surface area (Å²) in [6, 6.07) is 11.0. The first-order valence-corrected chi connectivity index (χ1v) is 7.88. The topological polar surface area (TPSA) is 80.4 Å². The average molecular weight is 322 g/mol. The number of fused-ring (bicyclic) bond motifs is 1. The van der Waals surface area contributed by atoms with Crippen LogP contribution in [0.25, 0.3) is 5.57 Å². The van der Waals surface area contributed by atoms with Gasteiger partial charge in [0, 0.05) is 18.7 Å². The smallest absolute Gasteiger partial charge is 0.262 e. The van der Waals surface area contributed by atoms with Crippen LogP contribution in [-0.4, -0.2) is 42.8 Å². The van der Waals surface area contributed by atoms with Crippen molar-refractivity contribution in [3.63, 3.8) is 0 Å². The second-order valence-corrected chi connectivity index (χ2v) is 6.16. The zero-order valence-electron chi connectivity index (χ0n) is 13.7. The van der Waals surface area contributed by atoms with Gasteiger partial charge < -0.3 is 4.74 Å². The molecule has 6 nitrogen and oxygen atoms in total. The highest BCUT2D eigenvalue weighted by atomic mass is 16.5. The minimum atomic E-state index is -0.291. The Bertz CT molecular complexity index is 761. The molecule has 1 aromatic rings. The molecule has 1 saturated heterocycles. The minimum Gasteiger partial charge on any atom is -0.373 e. The van der Waals surface area contributed by atoms with Crippen molar-refractivity contribution in [2.24, 2.45) is 0 Å². The Morgan fingerprint density at radius 1 is 1.21 bits per heavy atom. The van der Waals surface area contributed by atoms with Gasteiger partial charge in [-0.1, -0.05) is 18.2 Å². The van der Waals surface area contributed by atoms with Crippen LogP contribution in [0, 0.1) is 22.7 Å². The molecule has 6 heteroatoms. The predicted molar refractivity (Wildman–Crippen MR) is 88.5 cm³/mol. The highest BCUT2D eigenvalue weighted by Crippen LogP contribution is 2.38. The van der Waals surface area contributed by atoms with E-state index in [1.807, 2.05) is 38.1 Å². The number of amides is 1. The van der Waals surface area contributed by atoms with Crippen molar-refractivity contribution in [2.75, 3.05) is 24.7 Å². The molecule has 1 aromatic carbocycles. The lowest BCUT2D eigenvalue weighted by Gasteiger charge is -2.37. The number of anilines is 1. The maximum atomic E-state index is 12.9. The molecular weight excluding hydrogens is 304 g/mol. The summed E-state index contributed by atoms with van der Waals surface area (Å²) in [5.74, 6) is -0.291. The molecular formula is C18H18N4O2. The van der Waals surface area contributed by atoms with Gasteiger partial charge >= 0.3 is 0 Å². The van der Waals surface area contributed by atoms with Gasteiger partial charge in [-0.3, -0.25) is 14.6 Å². The molecule has 0 unspecified atom stereocenters. The number of carbonyl (C=O) groups excluding carboxylic acids is 1. The summed E-state index contributed by atoms with van der Waals surface area (Å²) in [4.78, 5) is 16.7. The number of nitriles is 2. The number of ether oxygens (including phenoxy) is 1. The molecule has 2 aliphatic rings. The molecule has 1 fully saturated rings. The lowest BCUT2D eigenvalue weighted by atomic mass is 10.0. The lowest BCUT2D eigenvalue weighted by Crippen LogP contribution is -2.50. The monoisotopic (exact) mass is 322 g/mol. The molecule has 3 rings (SSSR count). The number of para-hydroxylation sites is 1. The van der Waals surface area contributed by atoms with Crippen molar-refractivity contribution >= 4 is 17.2 Å². The molecule has 2 heterocycles. The molecule has 2 aliphatic heterocycles. The fourth-order valence-corrected chi connectivity index (χ4v) is 3.40. The number of morpholine rings is 1. The first-order valence-electron chi connectivity index (χ1n) is 7.88. The average Bonchev–Trinajstić information content (AvgIpc) is 2.81. The third kappa shape index (κ3) is 2.78. The molecule has 2 atom stereocenters. The van der Waals surface area contributed by atoms with Crippen LogP contribution in [0.3, 0.4) is 0 Å². The van der Waals surface area contributed by atoms with Crippen LogP contribution in [0.15, 0.2) is 29.8 Å². The zero-order valence-corrected chi connectivity index (χ0v) is 13.7. The summed E-state index contributed by atoms with van der Waals surface area (Å²) >= 11 is 0. The van der Waals surface area contributed by atoms with E-state index in [-0.39, 0.29) is 29.3 Å². The highest BCUT2D eigenvalue weighted by molar-refractivity contribution is 6.34. The van der Waals surface area contributed by atoms with Crippen LogP contribution in [0.4, 0.5) is 5.69 Å². The Kier molecular flexibility index (Phi) is 4.35. The maximum absolute atomic E-state index is 12.9. The van der Waals surface area contributed by atoms with Crippen LogP contribution in [0.5, 0.6) is 0 Å². The Morgan fingerprint density at radius 2 is 1.83 bits per heavy atom. The van der Waals surface area contributed by atoms with Crippen molar-refractivity contribution in [1.29, 1.82) is 10.5 Å². The summed E-state index contributed by atoms with van der Waals surface area (Å²) < 4.78 is 5.73. The first-order chi connectivity index (χ1) is 11.5. The zero-order chi connectivity index (χ0) is 17.3. The molecule has 122 valence electrons. The summed E-state index contributed by atoms with van der Waals surface area (Å²) in [6.07, 6.45) is 0.205. The number of hydrogen-bond acceptors (Lipinski definition) is 5. The van der Waals surface area contributed by atoms with Crippen molar-refractivity contribution in [3.05, 3.63) is 35.4 Å². The van der Waals surface area contributed by atoms with Gasteiger partial charge in [-0.15, -0.1) is 0 Å². The number of allylic oxidation sites excluding steroid dienone is 1. The number of nitrogens with zero attached hydrogens (tertiary/aromatic N) is 4. The van der Waals surface area contributed by atoms with Crippen LogP contribution in [0.1, 0.15) is 19.4 Å². The number of rotatable bonds is 2. The lowest BCUT2D eigenvalue weighted by molar-refractivity contribution is -0.114. The standard InChI is InChI=1S/C18H18N4O2/c1-12-9-21(10-13(2)24-12)11-22-16-6-4-3-5-15(16)17(18(22)23)14(7-19)8-20/h3-6,12-13H,9-11H2,1-2H3/t12-,13-/m0/s1. The quantitative estimate of drug-likeness (QED) is 0.613. The van der Waals surface area contributed by atoms with E-state index in [4.69, 9.17) is 4.74 Å². The fourth-order valence-electron chi connectivity index (χ4n) is 3.40. The number of hydrogen-bond donors (Lipinski definition) is 0. The van der Waals surface area contributed by atoms with Gasteiger partial charge in [0.2, 0.25) is 0 Å². The van der Waals surface area contributed by atoms with Gasteiger partial charge in [-0.05, 0) is 19.9 Å². The Balaban J connectivity index is 1.96. The molecule has 0 bridgehead atoms. The van der Waals surface area contributed by atoms with Crippen LogP contribution in [-0.2, 0) is 9.53 Å². The maximum Gasteiger partial charge on any atom is 0.262 e. The van der Waals surface area contributed by atoms with Crippen LogP contribution < -0.4 is 4.90 Å². The summed E-state index contributed by atoms with van der Waals surface area (Å²) in [7, 11) is 0. The van der Waals surface area contributed by atoms with Crippen LogP contribution in [0.2, 0.25) is 0 Å². The van der Waals surface area contributed by atoms with Crippen molar-refractivity contribution in [2.45, 2.75) is 26.1 Å². The Hall–Kier alpha value is -2.67. The molecule has 0 N–H and O–H groups in total. The van der Waals surface area contributed by atoms with E-state index in [9.17, 15) is 15.3 Å². The van der Waals surface area contributed by atoms with E-state index in [0.717, 1.165) is 18.8 Å². The Labute approximate surface area is 141 Å². The molecule has 1 amide bonds. The molecule has 0 saturated carbocycles. The largest absolute Gasteiger partial charge is 0.373 e. The van der Waals surface area contributed by atoms with Crippen molar-refractivity contribution in [3.8, 4) is 12.1 Å². The van der Waals surface area contributed by atoms with Gasteiger partial charge in [0.25, 0.3) is 5.91 Å². The highest BCUT2D eigenvalue weighted by Gasteiger charge is 2.36. The normalized spacial score (nSPS) is 23.6. The second-order valence-electron chi connectivity index (χ2n) is 6.16. The number of carbonyl (C=O) groups is 1. The van der Waals surface area contributed by atoms with Gasteiger partial charge in [0.15, 0.2) is 0 Å². The molecule has 0 radical (unpaired) electrons. The minimum absolute atomic E-state index is 0.102. The van der Waals surface area contributed by atoms with E-state index < -0.39 is 0 Å². The summed E-state index contributed by atoms with van der Waals surface area (Å²) in [5, 5.41) is 18.4. The van der Waals surface area contributed by atoms with Gasteiger partial charge in [-0.2, -0.15) is 10.5 Å². The van der Waals surface area contributed by atoms with Crippen LogP contribution >= 0.6 is 0 Å². The Morgan fingerprint density at radius 3 is 2.46 bits per heavy atom. The third-order valence-electron chi connectivity index (χ3n) is 4.23. The van der Waals surface area contributed by atoms with E-state index >= 15 is 0 Å². The van der Waals surface area contributed by atoms with Crippen molar-refractivity contribution in [1.82, 2.24) is 4.90 Å². The van der Waals surface area contributed by atoms with E-state index in [1.54, 1.807) is 17.0 Å². The second kappa shape index (κ2) is 6.45. The fraction of sp³-hybridized carbons (Fsp3) is 0.389. The first kappa shape index (κ1) is 16.2. The van der Waals surface area contributed by atoms with E-state index in [1.165, 1.54) is 0 Å². The molecule has 0 aromatic heterocycles. The number of benzene rings is 1. The van der Waals surface area contributed by atoms with Gasteiger partial charge in [-0.25, -0.2) is 0 Å². The predicted octanol–water partition coefficient (Wildman–Crippen LogP) is 1.90. The third-order valence-corrected chi connectivity index (χ3v) is 4.23. The van der Waals surface area contributed by atoms with Gasteiger partial charge in [0.1, 0.15) is 17.7 Å². The summed E-state index contributed by atoms with van der Waals surface area (Å²) in [5.41, 5.74) is 1.45. The summed E-state index contributed by atoms with van der Waals surface area (Å²) in [6.45, 7) is 5.91. The SMILES string of the molecule is C[C@H]1CN(CN2C(=O)C(=C(C#N)C#N)c3ccccc32)C[C@H](C)O1. The van der Waals surface area contributed by atoms with Crippen molar-refractivity contribution < 1.29 is 9.53 Å². The molecule has 0 aliphatic carbocycles. The van der Waals surface area contributed by atoms with E-state index in [0.29, 0.717) is 12.2 Å². The molecule has 0 spiro atoms.